The van der Waals surface area contributed by atoms with Gasteiger partial charge in [-0.15, -0.1) is 0 Å². The summed E-state index contributed by atoms with van der Waals surface area (Å²) in [7, 11) is 0. The fourth-order valence-corrected chi connectivity index (χ4v) is 1.05. The number of aromatic nitrogens is 2. The highest BCUT2D eigenvalue weighted by Gasteiger charge is 2.08. The zero-order valence-electron chi connectivity index (χ0n) is 5.76. The Labute approximate surface area is 59.2 Å². The zero-order valence-corrected chi connectivity index (χ0v) is 5.76. The van der Waals surface area contributed by atoms with E-state index in [2.05, 4.69) is 28.3 Å². The maximum atomic E-state index is 4.09. The summed E-state index contributed by atoms with van der Waals surface area (Å²) in [6.07, 6.45) is 5.84. The fraction of sp³-hybridized carbons (Fsp3) is 0.286. The van der Waals surface area contributed by atoms with Crippen LogP contribution in [0.5, 0.6) is 0 Å². The molecule has 0 amide bonds. The molecule has 1 aromatic heterocycles. The Morgan fingerprint density at radius 2 is 2.50 bits per heavy atom. The third kappa shape index (κ3) is 0.708. The molecule has 1 aromatic rings. The van der Waals surface area contributed by atoms with Gasteiger partial charge in [0.05, 0.1) is 12.0 Å². The van der Waals surface area contributed by atoms with Crippen LogP contribution in [0.4, 0.5) is 5.82 Å². The normalized spacial score (nSPS) is 21.9. The van der Waals surface area contributed by atoms with Gasteiger partial charge in [-0.1, -0.05) is 6.08 Å². The third-order valence-electron chi connectivity index (χ3n) is 1.58. The minimum absolute atomic E-state index is 0.399. The van der Waals surface area contributed by atoms with Crippen molar-refractivity contribution < 1.29 is 0 Å². The summed E-state index contributed by atoms with van der Waals surface area (Å²) in [6.45, 7) is 2.09. The molecule has 10 heavy (non-hydrogen) atoms. The molecule has 2 rings (SSSR count). The van der Waals surface area contributed by atoms with Crippen LogP contribution in [0.15, 0.2) is 12.4 Å². The van der Waals surface area contributed by atoms with Gasteiger partial charge >= 0.3 is 0 Å². The Kier molecular flexibility index (Phi) is 1.03. The van der Waals surface area contributed by atoms with E-state index in [1.54, 1.807) is 6.33 Å². The largest absolute Gasteiger partial charge is 0.362 e. The second kappa shape index (κ2) is 1.87. The van der Waals surface area contributed by atoms with Crippen molar-refractivity contribution in [2.45, 2.75) is 13.0 Å². The number of hydrogen-bond acceptors (Lipinski definition) is 2. The van der Waals surface area contributed by atoms with E-state index in [1.807, 2.05) is 6.08 Å². The predicted octanol–water partition coefficient (Wildman–Crippen LogP) is 1.24. The molecule has 3 nitrogen and oxygen atoms in total. The van der Waals surface area contributed by atoms with Gasteiger partial charge < -0.3 is 10.3 Å². The van der Waals surface area contributed by atoms with Gasteiger partial charge in [-0.25, -0.2) is 4.98 Å². The summed E-state index contributed by atoms with van der Waals surface area (Å²) in [6, 6.07) is 0.399. The monoisotopic (exact) mass is 135 g/mol. The molecular formula is C7H9N3. The van der Waals surface area contributed by atoms with Gasteiger partial charge in [-0.2, -0.15) is 0 Å². The molecule has 0 fully saturated rings. The third-order valence-corrected chi connectivity index (χ3v) is 1.58. The lowest BCUT2D eigenvalue weighted by molar-refractivity contribution is 0.979. The molecular weight excluding hydrogens is 126 g/mol. The highest BCUT2D eigenvalue weighted by atomic mass is 15.1. The van der Waals surface area contributed by atoms with E-state index in [1.165, 1.54) is 0 Å². The lowest BCUT2D eigenvalue weighted by Crippen LogP contribution is -2.15. The van der Waals surface area contributed by atoms with E-state index in [0.717, 1.165) is 11.5 Å². The summed E-state index contributed by atoms with van der Waals surface area (Å²) in [4.78, 5) is 7.11. The second-order valence-corrected chi connectivity index (χ2v) is 2.46. The number of fused-ring (bicyclic) bond motifs is 1. The Balaban J connectivity index is 2.43. The van der Waals surface area contributed by atoms with E-state index >= 15 is 0 Å². The van der Waals surface area contributed by atoms with Crippen LogP contribution in [0.1, 0.15) is 12.6 Å². The van der Waals surface area contributed by atoms with Gasteiger partial charge in [-0.05, 0) is 13.0 Å². The Morgan fingerprint density at radius 1 is 1.60 bits per heavy atom. The Hall–Kier alpha value is -1.25. The fourth-order valence-electron chi connectivity index (χ4n) is 1.05. The van der Waals surface area contributed by atoms with Crippen LogP contribution in [-0.2, 0) is 0 Å². The van der Waals surface area contributed by atoms with Crippen molar-refractivity contribution in [3.63, 3.8) is 0 Å². The van der Waals surface area contributed by atoms with Crippen LogP contribution >= 0.6 is 0 Å². The molecule has 0 aliphatic carbocycles. The highest BCUT2D eigenvalue weighted by molar-refractivity contribution is 5.64. The first-order valence-electron chi connectivity index (χ1n) is 3.34. The lowest BCUT2D eigenvalue weighted by atomic mass is 10.2. The summed E-state index contributed by atoms with van der Waals surface area (Å²) in [5, 5.41) is 3.21. The number of nitrogens with one attached hydrogen (secondary N) is 2. The van der Waals surface area contributed by atoms with E-state index < -0.39 is 0 Å². The van der Waals surface area contributed by atoms with Crippen LogP contribution in [0, 0.1) is 0 Å². The molecule has 2 heterocycles. The number of imidazole rings is 1. The molecule has 1 aliphatic heterocycles. The molecule has 0 spiro atoms. The molecule has 1 aliphatic rings. The first-order chi connectivity index (χ1) is 4.86. The first kappa shape index (κ1) is 5.53. The summed E-state index contributed by atoms with van der Waals surface area (Å²) in [5.41, 5.74) is 1.07. The minimum Gasteiger partial charge on any atom is -0.362 e. The molecule has 3 heteroatoms. The van der Waals surface area contributed by atoms with E-state index in [-0.39, 0.29) is 0 Å². The van der Waals surface area contributed by atoms with Gasteiger partial charge in [0.25, 0.3) is 0 Å². The van der Waals surface area contributed by atoms with Crippen LogP contribution in [0.25, 0.3) is 6.08 Å². The first-order valence-corrected chi connectivity index (χ1v) is 3.34. The zero-order chi connectivity index (χ0) is 6.97. The van der Waals surface area contributed by atoms with Crippen molar-refractivity contribution in [2.24, 2.45) is 0 Å². The molecule has 0 radical (unpaired) electrons. The topological polar surface area (TPSA) is 40.7 Å². The minimum atomic E-state index is 0.399. The van der Waals surface area contributed by atoms with E-state index in [9.17, 15) is 0 Å². The molecule has 1 atom stereocenters. The summed E-state index contributed by atoms with van der Waals surface area (Å²) >= 11 is 0. The van der Waals surface area contributed by atoms with Crippen LogP contribution in [0.2, 0.25) is 0 Å². The molecule has 1 unspecified atom stereocenters. The van der Waals surface area contributed by atoms with Crippen LogP contribution in [0.3, 0.4) is 0 Å². The van der Waals surface area contributed by atoms with Crippen molar-refractivity contribution in [1.82, 2.24) is 9.97 Å². The van der Waals surface area contributed by atoms with Crippen LogP contribution in [-0.4, -0.2) is 16.0 Å². The second-order valence-electron chi connectivity index (χ2n) is 2.46. The molecule has 0 bridgehead atoms. The SMILES string of the molecule is CC1C=Cc2[nH]cnc2N1. The number of H-pyrrole nitrogens is 1. The van der Waals surface area contributed by atoms with Crippen molar-refractivity contribution in [2.75, 3.05) is 5.32 Å². The van der Waals surface area contributed by atoms with Crippen molar-refractivity contribution >= 4 is 11.9 Å². The maximum absolute atomic E-state index is 4.09. The molecule has 0 aromatic carbocycles. The standard InChI is InChI=1S/C7H9N3/c1-5-2-3-6-7(10-5)9-4-8-6/h2-5,10H,1H3,(H,8,9). The average Bonchev–Trinajstić information content (AvgIpc) is 2.33. The highest BCUT2D eigenvalue weighted by Crippen LogP contribution is 2.17. The summed E-state index contributed by atoms with van der Waals surface area (Å²) < 4.78 is 0. The smallest absolute Gasteiger partial charge is 0.151 e. The molecule has 0 saturated heterocycles. The van der Waals surface area contributed by atoms with Gasteiger partial charge in [0.15, 0.2) is 5.82 Å². The van der Waals surface area contributed by atoms with Gasteiger partial charge in [-0.3, -0.25) is 0 Å². The molecule has 0 saturated carbocycles. The summed E-state index contributed by atoms with van der Waals surface area (Å²) in [5.74, 6) is 0.954. The number of aromatic amines is 1. The van der Waals surface area contributed by atoms with E-state index in [0.29, 0.717) is 6.04 Å². The van der Waals surface area contributed by atoms with Crippen molar-refractivity contribution in [3.05, 3.63) is 18.1 Å². The number of hydrogen-bond donors (Lipinski definition) is 2. The van der Waals surface area contributed by atoms with E-state index in [4.69, 9.17) is 0 Å². The van der Waals surface area contributed by atoms with Gasteiger partial charge in [0, 0.05) is 6.04 Å². The Bertz CT molecular complexity index is 262. The lowest BCUT2D eigenvalue weighted by Gasteiger charge is -2.13. The Morgan fingerprint density at radius 3 is 3.40 bits per heavy atom. The maximum Gasteiger partial charge on any atom is 0.151 e. The quantitative estimate of drug-likeness (QED) is 0.561. The average molecular weight is 135 g/mol. The number of rotatable bonds is 0. The van der Waals surface area contributed by atoms with Gasteiger partial charge in [0.2, 0.25) is 0 Å². The molecule has 2 N–H and O–H groups in total. The van der Waals surface area contributed by atoms with Crippen molar-refractivity contribution in [1.29, 1.82) is 0 Å². The molecule has 52 valence electrons. The number of anilines is 1. The van der Waals surface area contributed by atoms with Crippen molar-refractivity contribution in [3.8, 4) is 0 Å². The van der Waals surface area contributed by atoms with Gasteiger partial charge in [0.1, 0.15) is 0 Å². The predicted molar refractivity (Wildman–Crippen MR) is 40.7 cm³/mol. The number of nitrogens with zero attached hydrogens (tertiary/aromatic N) is 1. The van der Waals surface area contributed by atoms with Crippen LogP contribution < -0.4 is 5.32 Å².